The van der Waals surface area contributed by atoms with Gasteiger partial charge in [0.1, 0.15) is 10.5 Å². The summed E-state index contributed by atoms with van der Waals surface area (Å²) >= 11 is 4.60. The second kappa shape index (κ2) is 6.47. The summed E-state index contributed by atoms with van der Waals surface area (Å²) in [5.41, 5.74) is 0.0797. The van der Waals surface area contributed by atoms with E-state index in [-0.39, 0.29) is 23.0 Å². The first-order valence-electron chi connectivity index (χ1n) is 9.22. The van der Waals surface area contributed by atoms with Gasteiger partial charge in [-0.1, -0.05) is 15.9 Å². The van der Waals surface area contributed by atoms with Crippen LogP contribution in [0.1, 0.15) is 20.8 Å². The van der Waals surface area contributed by atoms with E-state index in [1.54, 1.807) is 31.2 Å². The molecule has 0 bridgehead atoms. The average Bonchev–Trinajstić information content (AvgIpc) is 3.42. The normalized spacial score (nSPS) is 26.9. The van der Waals surface area contributed by atoms with Crippen molar-refractivity contribution < 1.29 is 23.9 Å². The van der Waals surface area contributed by atoms with E-state index in [1.165, 1.54) is 18.4 Å². The summed E-state index contributed by atoms with van der Waals surface area (Å²) in [6.45, 7) is 1.97. The summed E-state index contributed by atoms with van der Waals surface area (Å²) in [7, 11) is 1.25. The first kappa shape index (κ1) is 19.4. The lowest BCUT2D eigenvalue weighted by Crippen LogP contribution is -2.51. The van der Waals surface area contributed by atoms with Gasteiger partial charge in [-0.3, -0.25) is 19.7 Å². The van der Waals surface area contributed by atoms with Crippen molar-refractivity contribution in [3.63, 3.8) is 0 Å². The molecule has 0 unspecified atom stereocenters. The molecule has 4 heterocycles. The second-order valence-corrected chi connectivity index (χ2v) is 9.65. The second-order valence-electron chi connectivity index (χ2n) is 7.50. The number of methoxy groups -OCH3 is 1. The highest BCUT2D eigenvalue weighted by atomic mass is 79.9. The Bertz CT molecular complexity index is 1160. The topological polar surface area (TPSA) is 105 Å². The molecular formula is C20H16BrN3O5S. The third kappa shape index (κ3) is 2.35. The van der Waals surface area contributed by atoms with E-state index in [1.807, 2.05) is 0 Å². The fraction of sp³-hybridized carbons (Fsp3) is 0.300. The van der Waals surface area contributed by atoms with Crippen LogP contribution in [0.15, 0.2) is 28.7 Å². The Kier molecular flexibility index (Phi) is 4.18. The van der Waals surface area contributed by atoms with Gasteiger partial charge in [-0.05, 0) is 31.2 Å². The molecule has 0 saturated carbocycles. The minimum absolute atomic E-state index is 0.169. The molecule has 3 amide bonds. The number of imide groups is 1. The lowest BCUT2D eigenvalue weighted by atomic mass is 9.77. The van der Waals surface area contributed by atoms with E-state index in [0.29, 0.717) is 11.3 Å². The van der Waals surface area contributed by atoms with E-state index < -0.39 is 35.2 Å². The Morgan fingerprint density at radius 2 is 2.03 bits per heavy atom. The Morgan fingerprint density at radius 1 is 1.27 bits per heavy atom. The van der Waals surface area contributed by atoms with Gasteiger partial charge in [0, 0.05) is 27.1 Å². The molecular weight excluding hydrogens is 474 g/mol. The molecule has 3 aliphatic rings. The number of thiophene rings is 1. The maximum atomic E-state index is 13.6. The molecule has 0 aliphatic carbocycles. The van der Waals surface area contributed by atoms with E-state index in [9.17, 15) is 19.2 Å². The number of carbonyl (C=O) groups excluding carboxylic acids is 4. The van der Waals surface area contributed by atoms with Gasteiger partial charge in [0.05, 0.1) is 24.5 Å². The Hall–Kier alpha value is -2.56. The summed E-state index contributed by atoms with van der Waals surface area (Å²) in [6.07, 6.45) is 0. The zero-order chi connectivity index (χ0) is 21.4. The third-order valence-corrected chi connectivity index (χ3v) is 7.48. The maximum absolute atomic E-state index is 13.6. The number of carbonyl (C=O) groups is 4. The minimum Gasteiger partial charge on any atom is -0.465 e. The molecule has 2 fully saturated rings. The van der Waals surface area contributed by atoms with Gasteiger partial charge in [0.25, 0.3) is 0 Å². The smallest absolute Gasteiger partial charge is 0.340 e. The third-order valence-electron chi connectivity index (χ3n) is 5.95. The van der Waals surface area contributed by atoms with Crippen LogP contribution in [0.3, 0.4) is 0 Å². The van der Waals surface area contributed by atoms with Crippen LogP contribution < -0.4 is 15.5 Å². The molecule has 1 spiro atoms. The first-order valence-corrected chi connectivity index (χ1v) is 10.8. The maximum Gasteiger partial charge on any atom is 0.340 e. The number of nitrogens with one attached hydrogen (secondary N) is 2. The molecule has 0 radical (unpaired) electrons. The van der Waals surface area contributed by atoms with Gasteiger partial charge in [-0.15, -0.1) is 11.3 Å². The number of rotatable bonds is 2. The van der Waals surface area contributed by atoms with Crippen LogP contribution in [0.25, 0.3) is 0 Å². The lowest BCUT2D eigenvalue weighted by Gasteiger charge is -2.28. The van der Waals surface area contributed by atoms with Gasteiger partial charge in [0.15, 0.2) is 0 Å². The number of aryl methyl sites for hydroxylation is 1. The van der Waals surface area contributed by atoms with Crippen LogP contribution in [-0.2, 0) is 24.7 Å². The van der Waals surface area contributed by atoms with Crippen molar-refractivity contribution in [3.8, 4) is 0 Å². The van der Waals surface area contributed by atoms with E-state index in [4.69, 9.17) is 4.74 Å². The van der Waals surface area contributed by atoms with E-state index in [0.717, 1.165) is 14.2 Å². The predicted molar refractivity (Wildman–Crippen MR) is 112 cm³/mol. The number of amides is 3. The molecule has 3 atom stereocenters. The van der Waals surface area contributed by atoms with Gasteiger partial charge in [-0.25, -0.2) is 9.69 Å². The van der Waals surface area contributed by atoms with Gasteiger partial charge in [-0.2, -0.15) is 0 Å². The number of halogens is 1. The van der Waals surface area contributed by atoms with Crippen LogP contribution in [0.5, 0.6) is 0 Å². The molecule has 30 heavy (non-hydrogen) atoms. The summed E-state index contributed by atoms with van der Waals surface area (Å²) in [4.78, 5) is 54.0. The number of fused-ring (bicyclic) bond motifs is 4. The molecule has 2 N–H and O–H groups in total. The molecule has 3 aliphatic heterocycles. The Labute approximate surface area is 183 Å². The zero-order valence-corrected chi connectivity index (χ0v) is 18.3. The van der Waals surface area contributed by atoms with Crippen molar-refractivity contribution in [3.05, 3.63) is 44.7 Å². The van der Waals surface area contributed by atoms with Crippen LogP contribution in [0.2, 0.25) is 0 Å². The van der Waals surface area contributed by atoms with Crippen molar-refractivity contribution in [2.45, 2.75) is 12.5 Å². The van der Waals surface area contributed by atoms with Crippen molar-refractivity contribution in [2.75, 3.05) is 23.9 Å². The highest BCUT2D eigenvalue weighted by molar-refractivity contribution is 9.10. The van der Waals surface area contributed by atoms with Crippen LogP contribution >= 0.6 is 27.3 Å². The predicted octanol–water partition coefficient (Wildman–Crippen LogP) is 2.16. The van der Waals surface area contributed by atoms with Crippen molar-refractivity contribution in [1.29, 1.82) is 0 Å². The van der Waals surface area contributed by atoms with E-state index in [2.05, 4.69) is 26.6 Å². The van der Waals surface area contributed by atoms with Gasteiger partial charge >= 0.3 is 5.97 Å². The standard InChI is InChI=1S/C20H16BrN3O5S/c1-8-5-10(18(27)29-2)17(30-8)24-15(25)11-7-22-20(14(11)16(24)26)12-6-9(21)3-4-13(12)23-19(20)28/h3-6,11,14,22H,7H2,1-2H3,(H,23,28)/t11-,14+,20-/m1/s1. The number of esters is 1. The summed E-state index contributed by atoms with van der Waals surface area (Å²) in [5.74, 6) is -3.51. The minimum atomic E-state index is -1.33. The fourth-order valence-corrected chi connectivity index (χ4v) is 6.07. The molecule has 10 heteroatoms. The van der Waals surface area contributed by atoms with Crippen molar-refractivity contribution in [1.82, 2.24) is 5.32 Å². The van der Waals surface area contributed by atoms with E-state index >= 15 is 0 Å². The molecule has 5 rings (SSSR count). The lowest BCUT2D eigenvalue weighted by molar-refractivity contribution is -0.130. The number of hydrogen-bond donors (Lipinski definition) is 2. The molecule has 1 aromatic carbocycles. The Balaban J connectivity index is 1.64. The summed E-state index contributed by atoms with van der Waals surface area (Å²) < 4.78 is 5.58. The van der Waals surface area contributed by atoms with Gasteiger partial charge < -0.3 is 10.1 Å². The van der Waals surface area contributed by atoms with Crippen LogP contribution in [0, 0.1) is 18.8 Å². The SMILES string of the molecule is COC(=O)c1cc(C)sc1N1C(=O)[C@@H]2[C@@H](CN[C@@]23C(=O)Nc2ccc(Br)cc23)C1=O. The highest BCUT2D eigenvalue weighted by Gasteiger charge is 2.68. The molecule has 154 valence electrons. The quantitative estimate of drug-likeness (QED) is 0.494. The number of benzene rings is 1. The number of anilines is 2. The van der Waals surface area contributed by atoms with Crippen molar-refractivity contribution in [2.24, 2.45) is 11.8 Å². The first-order chi connectivity index (χ1) is 14.3. The van der Waals surface area contributed by atoms with Crippen LogP contribution in [-0.4, -0.2) is 37.3 Å². The average molecular weight is 490 g/mol. The molecule has 1 aromatic heterocycles. The largest absolute Gasteiger partial charge is 0.465 e. The summed E-state index contributed by atoms with van der Waals surface area (Å²) in [5, 5.41) is 6.23. The zero-order valence-electron chi connectivity index (χ0n) is 15.9. The monoisotopic (exact) mass is 489 g/mol. The number of hydrogen-bond acceptors (Lipinski definition) is 7. The van der Waals surface area contributed by atoms with Gasteiger partial charge in [0.2, 0.25) is 17.7 Å². The molecule has 2 aromatic rings. The van der Waals surface area contributed by atoms with Crippen molar-refractivity contribution >= 4 is 61.6 Å². The number of nitrogens with zero attached hydrogens (tertiary/aromatic N) is 1. The highest BCUT2D eigenvalue weighted by Crippen LogP contribution is 2.52. The molecule has 8 nitrogen and oxygen atoms in total. The summed E-state index contributed by atoms with van der Waals surface area (Å²) in [6, 6.07) is 6.95. The molecule has 2 saturated heterocycles. The number of ether oxygens (including phenoxy) is 1. The Morgan fingerprint density at radius 3 is 2.77 bits per heavy atom. The fourth-order valence-electron chi connectivity index (χ4n) is 4.70. The van der Waals surface area contributed by atoms with Crippen LogP contribution in [0.4, 0.5) is 10.7 Å².